The van der Waals surface area contributed by atoms with Gasteiger partial charge in [-0.3, -0.25) is 4.79 Å². The summed E-state index contributed by atoms with van der Waals surface area (Å²) in [6, 6.07) is 11.3. The Bertz CT molecular complexity index is 1200. The number of amides is 1. The highest BCUT2D eigenvalue weighted by Gasteiger charge is 2.31. The molecule has 1 unspecified atom stereocenters. The number of benzene rings is 2. The van der Waals surface area contributed by atoms with Crippen LogP contribution in [0.25, 0.3) is 11.4 Å². The van der Waals surface area contributed by atoms with Crippen LogP contribution in [0.2, 0.25) is 0 Å². The van der Waals surface area contributed by atoms with Crippen molar-refractivity contribution in [3.8, 4) is 22.9 Å². The van der Waals surface area contributed by atoms with Crippen molar-refractivity contribution < 1.29 is 23.5 Å². The minimum absolute atomic E-state index is 0.171. The van der Waals surface area contributed by atoms with Crippen LogP contribution >= 0.6 is 0 Å². The van der Waals surface area contributed by atoms with Gasteiger partial charge in [0.2, 0.25) is 5.82 Å². The second-order valence-electron chi connectivity index (χ2n) is 9.08. The summed E-state index contributed by atoms with van der Waals surface area (Å²) in [5.74, 6) is 2.30. The molecule has 190 valence electrons. The standard InChI is InChI=1S/C26H31N5O5/c1-30-10-12-31(13-11-30)21-15-20(34-3)14-18-6-9-22(35-24(18)21)26(32)27-19-7-4-17(5-8-19)25-28-23(16-33-2)36-29-25/h4-5,7-8,14-15,22H,6,9-13,16H2,1-3H3,(H,27,32). The number of hydrogen-bond acceptors (Lipinski definition) is 9. The molecule has 1 aromatic heterocycles. The minimum Gasteiger partial charge on any atom is -0.497 e. The number of carbonyl (C=O) groups excluding carboxylic acids is 1. The molecule has 1 saturated heterocycles. The predicted molar refractivity (Wildman–Crippen MR) is 135 cm³/mol. The Morgan fingerprint density at radius 1 is 1.14 bits per heavy atom. The summed E-state index contributed by atoms with van der Waals surface area (Å²) in [7, 11) is 5.38. The van der Waals surface area contributed by atoms with E-state index in [1.807, 2.05) is 36.4 Å². The zero-order valence-corrected chi connectivity index (χ0v) is 20.8. The first-order chi connectivity index (χ1) is 17.5. The lowest BCUT2D eigenvalue weighted by Crippen LogP contribution is -2.45. The van der Waals surface area contributed by atoms with E-state index in [2.05, 4.69) is 32.3 Å². The van der Waals surface area contributed by atoms with Gasteiger partial charge >= 0.3 is 0 Å². The fourth-order valence-electron chi connectivity index (χ4n) is 4.52. The van der Waals surface area contributed by atoms with E-state index >= 15 is 0 Å². The molecule has 1 amide bonds. The van der Waals surface area contributed by atoms with Crippen molar-refractivity contribution >= 4 is 17.3 Å². The number of hydrogen-bond donors (Lipinski definition) is 1. The Hall–Kier alpha value is -3.63. The average molecular weight is 494 g/mol. The highest BCUT2D eigenvalue weighted by Crippen LogP contribution is 2.41. The lowest BCUT2D eigenvalue weighted by atomic mass is 9.99. The summed E-state index contributed by atoms with van der Waals surface area (Å²) in [4.78, 5) is 22.0. The first-order valence-corrected chi connectivity index (χ1v) is 12.1. The van der Waals surface area contributed by atoms with Crippen molar-refractivity contribution in [2.24, 2.45) is 0 Å². The van der Waals surface area contributed by atoms with E-state index in [4.69, 9.17) is 18.7 Å². The number of fused-ring (bicyclic) bond motifs is 1. The fourth-order valence-corrected chi connectivity index (χ4v) is 4.52. The molecule has 2 aromatic carbocycles. The van der Waals surface area contributed by atoms with E-state index in [0.29, 0.717) is 23.8 Å². The van der Waals surface area contributed by atoms with Gasteiger partial charge in [0.25, 0.3) is 11.8 Å². The van der Waals surface area contributed by atoms with Crippen LogP contribution in [0.4, 0.5) is 11.4 Å². The molecule has 3 heterocycles. The summed E-state index contributed by atoms with van der Waals surface area (Å²) in [6.07, 6.45) is 0.758. The Labute approximate surface area is 210 Å². The minimum atomic E-state index is -0.578. The zero-order valence-electron chi connectivity index (χ0n) is 20.8. The molecular weight excluding hydrogens is 462 g/mol. The number of aromatic nitrogens is 2. The third-order valence-electron chi connectivity index (χ3n) is 6.57. The second kappa shape index (κ2) is 10.5. The molecule has 36 heavy (non-hydrogen) atoms. The zero-order chi connectivity index (χ0) is 25.1. The number of piperazine rings is 1. The Kier molecular flexibility index (Phi) is 7.06. The smallest absolute Gasteiger partial charge is 0.265 e. The Balaban J connectivity index is 1.28. The van der Waals surface area contributed by atoms with Gasteiger partial charge in [0.05, 0.1) is 12.8 Å². The molecule has 1 atom stereocenters. The largest absolute Gasteiger partial charge is 0.497 e. The number of anilines is 2. The van der Waals surface area contributed by atoms with Crippen molar-refractivity contribution in [1.29, 1.82) is 0 Å². The van der Waals surface area contributed by atoms with Gasteiger partial charge in [0.15, 0.2) is 6.10 Å². The van der Waals surface area contributed by atoms with Crippen molar-refractivity contribution in [3.05, 3.63) is 47.9 Å². The number of nitrogens with one attached hydrogen (secondary N) is 1. The van der Waals surface area contributed by atoms with Crippen LogP contribution in [0, 0.1) is 0 Å². The molecule has 0 aliphatic carbocycles. The molecule has 0 saturated carbocycles. The third-order valence-corrected chi connectivity index (χ3v) is 6.57. The van der Waals surface area contributed by atoms with Crippen LogP contribution in [0.15, 0.2) is 40.9 Å². The van der Waals surface area contributed by atoms with Crippen LogP contribution in [0.1, 0.15) is 17.9 Å². The van der Waals surface area contributed by atoms with Gasteiger partial charge in [-0.05, 0) is 50.2 Å². The number of nitrogens with zero attached hydrogens (tertiary/aromatic N) is 4. The molecule has 10 heteroatoms. The maximum atomic E-state index is 13.1. The van der Waals surface area contributed by atoms with Gasteiger partial charge in [-0.1, -0.05) is 5.16 Å². The number of methoxy groups -OCH3 is 2. The number of rotatable bonds is 7. The monoisotopic (exact) mass is 493 g/mol. The molecular formula is C26H31N5O5. The molecule has 3 aromatic rings. The number of ether oxygens (including phenoxy) is 3. The van der Waals surface area contributed by atoms with E-state index in [-0.39, 0.29) is 12.5 Å². The van der Waals surface area contributed by atoms with E-state index in [1.165, 1.54) is 0 Å². The molecule has 0 bridgehead atoms. The van der Waals surface area contributed by atoms with E-state index in [1.54, 1.807) is 14.2 Å². The highest BCUT2D eigenvalue weighted by atomic mass is 16.5. The van der Waals surface area contributed by atoms with Crippen LogP contribution in [0.3, 0.4) is 0 Å². The average Bonchev–Trinajstić information content (AvgIpc) is 3.37. The van der Waals surface area contributed by atoms with E-state index in [0.717, 1.165) is 60.9 Å². The molecule has 0 spiro atoms. The molecule has 10 nitrogen and oxygen atoms in total. The lowest BCUT2D eigenvalue weighted by Gasteiger charge is -2.37. The fraction of sp³-hybridized carbons (Fsp3) is 0.423. The van der Waals surface area contributed by atoms with E-state index in [9.17, 15) is 4.79 Å². The van der Waals surface area contributed by atoms with Crippen LogP contribution < -0.4 is 19.7 Å². The van der Waals surface area contributed by atoms with Gasteiger partial charge in [-0.2, -0.15) is 4.98 Å². The molecule has 1 N–H and O–H groups in total. The van der Waals surface area contributed by atoms with Crippen molar-refractivity contribution in [2.45, 2.75) is 25.6 Å². The lowest BCUT2D eigenvalue weighted by molar-refractivity contribution is -0.123. The summed E-state index contributed by atoms with van der Waals surface area (Å²) in [5.41, 5.74) is 3.53. The Morgan fingerprint density at radius 3 is 2.64 bits per heavy atom. The van der Waals surface area contributed by atoms with Crippen LogP contribution in [0.5, 0.6) is 11.5 Å². The summed E-state index contributed by atoms with van der Waals surface area (Å²) in [5, 5.41) is 6.95. The van der Waals surface area contributed by atoms with Gasteiger partial charge in [0.1, 0.15) is 18.1 Å². The van der Waals surface area contributed by atoms with Gasteiger partial charge < -0.3 is 33.9 Å². The Morgan fingerprint density at radius 2 is 1.92 bits per heavy atom. The van der Waals surface area contributed by atoms with Crippen molar-refractivity contribution in [1.82, 2.24) is 15.0 Å². The maximum Gasteiger partial charge on any atom is 0.265 e. The van der Waals surface area contributed by atoms with Gasteiger partial charge in [0, 0.05) is 56.2 Å². The van der Waals surface area contributed by atoms with Crippen molar-refractivity contribution in [3.63, 3.8) is 0 Å². The molecule has 2 aliphatic rings. The number of likely N-dealkylation sites (N-methyl/N-ethyl adjacent to an activating group) is 1. The second-order valence-corrected chi connectivity index (χ2v) is 9.08. The molecule has 5 rings (SSSR count). The third kappa shape index (κ3) is 5.14. The SMILES string of the molecule is COCc1nc(-c2ccc(NC(=O)C3CCc4cc(OC)cc(N5CCN(C)CC5)c4O3)cc2)no1. The highest BCUT2D eigenvalue weighted by molar-refractivity contribution is 5.95. The van der Waals surface area contributed by atoms with Crippen LogP contribution in [-0.4, -0.2) is 74.5 Å². The van der Waals surface area contributed by atoms with Gasteiger partial charge in [-0.25, -0.2) is 0 Å². The molecule has 0 radical (unpaired) electrons. The predicted octanol–water partition coefficient (Wildman–Crippen LogP) is 2.98. The summed E-state index contributed by atoms with van der Waals surface area (Å²) >= 11 is 0. The number of aryl methyl sites for hydroxylation is 1. The summed E-state index contributed by atoms with van der Waals surface area (Å²) in [6.45, 7) is 4.01. The van der Waals surface area contributed by atoms with Gasteiger partial charge in [-0.15, -0.1) is 0 Å². The summed E-state index contributed by atoms with van der Waals surface area (Å²) < 4.78 is 22.0. The van der Waals surface area contributed by atoms with Crippen LogP contribution in [-0.2, 0) is 22.6 Å². The van der Waals surface area contributed by atoms with Crippen molar-refractivity contribution in [2.75, 3.05) is 57.7 Å². The molecule has 2 aliphatic heterocycles. The maximum absolute atomic E-state index is 13.1. The normalized spacial score (nSPS) is 17.9. The number of carbonyl (C=O) groups is 1. The first kappa shape index (κ1) is 24.1. The topological polar surface area (TPSA) is 102 Å². The van der Waals surface area contributed by atoms with E-state index < -0.39 is 6.10 Å². The molecule has 1 fully saturated rings. The quantitative estimate of drug-likeness (QED) is 0.532. The first-order valence-electron chi connectivity index (χ1n) is 12.1.